The molecular formula is C23H25ClN6O2. The highest BCUT2D eigenvalue weighted by Gasteiger charge is 2.39. The molecule has 2 aromatic rings. The van der Waals surface area contributed by atoms with Gasteiger partial charge in [0.2, 0.25) is 0 Å². The summed E-state index contributed by atoms with van der Waals surface area (Å²) in [6.07, 6.45) is 5.56. The molecule has 1 aromatic heterocycles. The van der Waals surface area contributed by atoms with Crippen molar-refractivity contribution < 1.29 is 9.59 Å². The average molecular weight is 453 g/mol. The number of carbonyl (C=O) groups excluding carboxylic acids is 2. The Labute approximate surface area is 191 Å². The summed E-state index contributed by atoms with van der Waals surface area (Å²) in [5.41, 5.74) is 2.31. The molecule has 5 rings (SSSR count). The van der Waals surface area contributed by atoms with Crippen molar-refractivity contribution in [1.82, 2.24) is 20.9 Å². The van der Waals surface area contributed by atoms with E-state index < -0.39 is 0 Å². The number of aromatic nitrogens is 1. The van der Waals surface area contributed by atoms with E-state index in [1.54, 1.807) is 12.1 Å². The maximum Gasteiger partial charge on any atom is 0.281 e. The second-order valence-corrected chi connectivity index (χ2v) is 9.24. The smallest absolute Gasteiger partial charge is 0.281 e. The van der Waals surface area contributed by atoms with Crippen LogP contribution in [0.3, 0.4) is 0 Å². The Morgan fingerprint density at radius 2 is 1.97 bits per heavy atom. The minimum Gasteiger partial charge on any atom is -0.354 e. The van der Waals surface area contributed by atoms with Gasteiger partial charge in [0.15, 0.2) is 5.96 Å². The molecule has 3 aliphatic rings. The molecule has 2 saturated carbocycles. The Balaban J connectivity index is 1.39. The fourth-order valence-electron chi connectivity index (χ4n) is 3.66. The third-order valence-electron chi connectivity index (χ3n) is 6.02. The molecule has 3 fully saturated rings. The zero-order valence-corrected chi connectivity index (χ0v) is 18.6. The molecule has 0 unspecified atom stereocenters. The molecule has 32 heavy (non-hydrogen) atoms. The van der Waals surface area contributed by atoms with E-state index in [2.05, 4.69) is 31.2 Å². The van der Waals surface area contributed by atoms with Crippen LogP contribution in [-0.4, -0.2) is 41.4 Å². The Kier molecular flexibility index (Phi) is 5.25. The molecule has 1 aliphatic heterocycles. The second-order valence-electron chi connectivity index (χ2n) is 8.86. The van der Waals surface area contributed by atoms with Gasteiger partial charge < -0.3 is 21.3 Å². The van der Waals surface area contributed by atoms with Crippen molar-refractivity contribution in [2.24, 2.45) is 4.99 Å². The number of nitrogens with one attached hydrogen (secondary N) is 4. The number of nitrogens with zero attached hydrogens (tertiary/aromatic N) is 2. The lowest BCUT2D eigenvalue weighted by atomic mass is 10.1. The fraction of sp³-hybridized carbons (Fsp3) is 0.391. The first kappa shape index (κ1) is 20.8. The molecule has 0 bridgehead atoms. The predicted octanol–water partition coefficient (Wildman–Crippen LogP) is 3.33. The van der Waals surface area contributed by atoms with Crippen LogP contribution < -0.4 is 21.3 Å². The molecule has 1 saturated heterocycles. The second kappa shape index (κ2) is 8.09. The van der Waals surface area contributed by atoms with Crippen LogP contribution >= 0.6 is 11.6 Å². The number of halogens is 1. The van der Waals surface area contributed by atoms with Crippen LogP contribution in [0.2, 0.25) is 5.02 Å². The quantitative estimate of drug-likeness (QED) is 0.535. The standard InChI is InChI=1S/C23H25ClN6O2/c1-23(7-8-23)30-21(32)15-3-2-4-17(18(15)24)28-19-16(13-5-6-13)11-14(12-27-19)20(31)29-22-25-9-10-26-22/h2-4,11-13H,5-10H2,1H3,(H,27,28)(H,30,32)(H2,25,26,29,31). The van der Waals surface area contributed by atoms with Crippen molar-refractivity contribution in [2.75, 3.05) is 18.4 Å². The number of carbonyl (C=O) groups is 2. The first-order chi connectivity index (χ1) is 15.4. The topological polar surface area (TPSA) is 108 Å². The summed E-state index contributed by atoms with van der Waals surface area (Å²) < 4.78 is 0. The number of aliphatic imine (C=N–C) groups is 1. The molecule has 2 heterocycles. The molecule has 0 radical (unpaired) electrons. The highest BCUT2D eigenvalue weighted by atomic mass is 35.5. The zero-order valence-electron chi connectivity index (χ0n) is 17.8. The number of pyridine rings is 1. The van der Waals surface area contributed by atoms with Crippen molar-refractivity contribution >= 4 is 40.9 Å². The van der Waals surface area contributed by atoms with Crippen molar-refractivity contribution in [3.63, 3.8) is 0 Å². The molecule has 9 heteroatoms. The third kappa shape index (κ3) is 4.41. The van der Waals surface area contributed by atoms with E-state index in [1.807, 2.05) is 19.1 Å². The summed E-state index contributed by atoms with van der Waals surface area (Å²) in [5.74, 6) is 0.957. The number of benzene rings is 1. The van der Waals surface area contributed by atoms with Crippen LogP contribution in [0.25, 0.3) is 0 Å². The van der Waals surface area contributed by atoms with Gasteiger partial charge in [0.1, 0.15) is 5.82 Å². The van der Waals surface area contributed by atoms with Gasteiger partial charge in [0, 0.05) is 24.8 Å². The molecule has 2 aliphatic carbocycles. The third-order valence-corrected chi connectivity index (χ3v) is 6.42. The van der Waals surface area contributed by atoms with E-state index in [-0.39, 0.29) is 17.4 Å². The summed E-state index contributed by atoms with van der Waals surface area (Å²) in [5, 5.41) is 12.7. The predicted molar refractivity (Wildman–Crippen MR) is 124 cm³/mol. The molecule has 2 amide bonds. The summed E-state index contributed by atoms with van der Waals surface area (Å²) in [7, 11) is 0. The van der Waals surface area contributed by atoms with Crippen LogP contribution in [0.1, 0.15) is 64.8 Å². The number of guanidine groups is 1. The Hall–Kier alpha value is -3.13. The van der Waals surface area contributed by atoms with E-state index in [0.29, 0.717) is 39.5 Å². The zero-order chi connectivity index (χ0) is 22.3. The summed E-state index contributed by atoms with van der Waals surface area (Å²) >= 11 is 6.59. The minimum atomic E-state index is -0.340. The molecule has 1 aromatic carbocycles. The van der Waals surface area contributed by atoms with Crippen LogP contribution in [0.15, 0.2) is 35.5 Å². The fourth-order valence-corrected chi connectivity index (χ4v) is 3.92. The maximum absolute atomic E-state index is 12.7. The lowest BCUT2D eigenvalue weighted by Crippen LogP contribution is -2.34. The van der Waals surface area contributed by atoms with Gasteiger partial charge >= 0.3 is 0 Å². The van der Waals surface area contributed by atoms with Crippen molar-refractivity contribution in [1.29, 1.82) is 0 Å². The van der Waals surface area contributed by atoms with Gasteiger partial charge in [0.05, 0.1) is 21.8 Å². The van der Waals surface area contributed by atoms with E-state index in [0.717, 1.165) is 44.3 Å². The minimum absolute atomic E-state index is 0.125. The normalized spacial score (nSPS) is 18.4. The highest BCUT2D eigenvalue weighted by molar-refractivity contribution is 6.36. The summed E-state index contributed by atoms with van der Waals surface area (Å²) in [6.45, 7) is 3.52. The van der Waals surface area contributed by atoms with Crippen molar-refractivity contribution in [2.45, 2.75) is 44.1 Å². The van der Waals surface area contributed by atoms with Crippen LogP contribution in [0.4, 0.5) is 11.5 Å². The van der Waals surface area contributed by atoms with Gasteiger partial charge in [-0.2, -0.15) is 4.99 Å². The molecule has 8 nitrogen and oxygen atoms in total. The van der Waals surface area contributed by atoms with Crippen LogP contribution in [-0.2, 0) is 0 Å². The number of rotatable bonds is 6. The number of hydrogen-bond acceptors (Lipinski definition) is 4. The molecule has 4 N–H and O–H groups in total. The Bertz CT molecular complexity index is 1120. The van der Waals surface area contributed by atoms with Gasteiger partial charge in [-0.25, -0.2) is 4.98 Å². The average Bonchev–Trinajstić information content (AvgIpc) is 3.69. The molecule has 0 atom stereocenters. The maximum atomic E-state index is 12.7. The van der Waals surface area contributed by atoms with Crippen LogP contribution in [0, 0.1) is 0 Å². The van der Waals surface area contributed by atoms with Gasteiger partial charge in [0.25, 0.3) is 11.8 Å². The molecule has 0 spiro atoms. The molecular weight excluding hydrogens is 428 g/mol. The first-order valence-electron chi connectivity index (χ1n) is 10.9. The number of anilines is 2. The number of hydrogen-bond donors (Lipinski definition) is 4. The van der Waals surface area contributed by atoms with Gasteiger partial charge in [-0.1, -0.05) is 17.7 Å². The number of amides is 2. The van der Waals surface area contributed by atoms with Crippen LogP contribution in [0.5, 0.6) is 0 Å². The van der Waals surface area contributed by atoms with E-state index in [9.17, 15) is 9.59 Å². The van der Waals surface area contributed by atoms with Gasteiger partial charge in [-0.15, -0.1) is 0 Å². The SMILES string of the molecule is CC1(NC(=O)c2cccc(Nc3ncc(C(=O)N=C4NCCN4)cc3C3CC3)c2Cl)CC1. The Morgan fingerprint density at radius 3 is 2.66 bits per heavy atom. The van der Waals surface area contributed by atoms with E-state index in [1.165, 1.54) is 6.20 Å². The van der Waals surface area contributed by atoms with Crippen molar-refractivity contribution in [3.05, 3.63) is 52.2 Å². The summed E-state index contributed by atoms with van der Waals surface area (Å²) in [6, 6.07) is 7.19. The largest absolute Gasteiger partial charge is 0.354 e. The lowest BCUT2D eigenvalue weighted by Gasteiger charge is -2.16. The van der Waals surface area contributed by atoms with Gasteiger partial charge in [-0.05, 0) is 62.3 Å². The van der Waals surface area contributed by atoms with E-state index in [4.69, 9.17) is 11.6 Å². The highest BCUT2D eigenvalue weighted by Crippen LogP contribution is 2.44. The molecule has 166 valence electrons. The monoisotopic (exact) mass is 452 g/mol. The van der Waals surface area contributed by atoms with Crippen molar-refractivity contribution in [3.8, 4) is 0 Å². The Morgan fingerprint density at radius 1 is 1.22 bits per heavy atom. The van der Waals surface area contributed by atoms with Gasteiger partial charge in [-0.3, -0.25) is 9.59 Å². The van der Waals surface area contributed by atoms with E-state index >= 15 is 0 Å². The lowest BCUT2D eigenvalue weighted by molar-refractivity contribution is 0.0934. The first-order valence-corrected chi connectivity index (χ1v) is 11.3. The summed E-state index contributed by atoms with van der Waals surface area (Å²) in [4.78, 5) is 33.8.